The van der Waals surface area contributed by atoms with Gasteiger partial charge in [0, 0.05) is 55.1 Å². The number of ketones is 1. The number of aliphatic imine (C=N–C) groups is 2. The Morgan fingerprint density at radius 1 is 0.802 bits per heavy atom. The van der Waals surface area contributed by atoms with Crippen molar-refractivity contribution in [2.45, 2.75) is 190 Å². The minimum atomic E-state index is -2.19. The Morgan fingerprint density at radius 3 is 2.11 bits per heavy atom. The number of aromatic nitrogens is 4. The number of aromatic amines is 1. The fraction of sp³-hybridized carbons (Fsp3) is 0.632. The molecule has 0 aromatic carbocycles. The van der Waals surface area contributed by atoms with Gasteiger partial charge in [-0.3, -0.25) is 43.5 Å². The number of carbonyl (C=O) groups is 8. The first kappa shape index (κ1) is 77.4. The van der Waals surface area contributed by atoms with Gasteiger partial charge in [-0.25, -0.2) is 19.7 Å². The largest absolute Gasteiger partial charge is 0.441 e. The van der Waals surface area contributed by atoms with E-state index in [1.54, 1.807) is 5.98 Å². The summed E-state index contributed by atoms with van der Waals surface area (Å²) >= 11 is 0. The van der Waals surface area contributed by atoms with Crippen LogP contribution >= 0.6 is 0 Å². The van der Waals surface area contributed by atoms with Crippen molar-refractivity contribution in [3.05, 3.63) is 58.6 Å². The number of imidazole rings is 1. The van der Waals surface area contributed by atoms with Crippen LogP contribution in [-0.4, -0.2) is 259 Å². The van der Waals surface area contributed by atoms with E-state index in [0.29, 0.717) is 56.9 Å². The molecule has 2 saturated heterocycles. The van der Waals surface area contributed by atoms with Gasteiger partial charge >= 0.3 is 6.09 Å². The molecule has 39 heteroatoms. The summed E-state index contributed by atoms with van der Waals surface area (Å²) in [6, 6.07) is -4.79. The Balaban J connectivity index is 1.25. The number of aliphatic hydroxyl groups is 8. The monoisotopic (exact) mass is 1350 g/mol. The number of anilines is 1. The van der Waals surface area contributed by atoms with E-state index < -0.39 is 189 Å². The van der Waals surface area contributed by atoms with Crippen LogP contribution in [-0.2, 0) is 52.5 Å². The van der Waals surface area contributed by atoms with Crippen LogP contribution in [0.4, 0.5) is 10.6 Å². The predicted molar refractivity (Wildman–Crippen MR) is 343 cm³/mol. The zero-order valence-electron chi connectivity index (χ0n) is 54.1. The van der Waals surface area contributed by atoms with Crippen molar-refractivity contribution >= 4 is 85.6 Å². The summed E-state index contributed by atoms with van der Waals surface area (Å²) < 4.78 is 28.8. The Bertz CT molecular complexity index is 3200. The number of nitrogens with one attached hydrogen (secondary N) is 5. The molecule has 4 aliphatic rings. The number of nitrogen functional groups attached to an aromatic ring is 1. The lowest BCUT2D eigenvalue weighted by atomic mass is 9.51. The highest BCUT2D eigenvalue weighted by Crippen LogP contribution is 2.35. The summed E-state index contributed by atoms with van der Waals surface area (Å²) in [4.78, 5) is 131. The topological polar surface area (TPSA) is 602 Å². The Morgan fingerprint density at radius 2 is 1.49 bits per heavy atom. The van der Waals surface area contributed by atoms with E-state index in [-0.39, 0.29) is 48.2 Å². The number of primary amides is 3. The molecule has 2 aromatic heterocycles. The van der Waals surface area contributed by atoms with E-state index in [1.807, 2.05) is 5.98 Å². The highest BCUT2D eigenvalue weighted by molar-refractivity contribution is 6.87. The molecular formula is C57H88B3N15O21. The maximum atomic E-state index is 15.2. The fourth-order valence-corrected chi connectivity index (χ4v) is 11.1. The Hall–Kier alpha value is -7.66. The van der Waals surface area contributed by atoms with Crippen LogP contribution < -0.4 is 49.9 Å². The van der Waals surface area contributed by atoms with Crippen molar-refractivity contribution in [3.63, 3.8) is 0 Å². The minimum Gasteiger partial charge on any atom is -0.441 e. The standard InChI is InChI=1S/C57H88B3N15O21/c1-22(32(79)15-27(25(4)78)51(87)68-13-10-35-58-16-29(71-35)47-59-17-30(72-47)52(88)67-12-7-11-60(5)6)39(81)24(3)70-54(90)38(74-53(89)37-23(2)48(63)75-50(73-37)26(14-36(62)80)8-9-28(61)49(64)86)44(31-18-66-21-69-31)94-56-46(42(84)40(82)33(19-76)93-56)95-55-43(85)45(96-57(65)91)41(83)34(20-77)92-55/h16-18,21-22,24-28,33-34,38-46,55-56,58-59,76-78,81-85H,7-15,19-20,61H2,1-6H3,(H2,62,80)(H2,64,86)(H2,65,91)(H,66,69)(H,67,88)(H,68,87)(H,70,90)(H,74,89)(H2,63,73,75)/t22-,24-,25-,26+,27+,28+,33?,34?,38+,39+,40?,41?,42?,43?,44+,45?,46?,55?,56?/m1/s1. The molecule has 0 radical (unpaired) electrons. The van der Waals surface area contributed by atoms with Gasteiger partial charge in [0.05, 0.1) is 61.1 Å². The number of nitrogens with two attached hydrogens (primary N) is 5. The quantitative estimate of drug-likeness (QED) is 0.0223. The average molecular weight is 1350 g/mol. The fourth-order valence-electron chi connectivity index (χ4n) is 11.1. The van der Waals surface area contributed by atoms with E-state index >= 15 is 4.79 Å². The molecule has 0 saturated carbocycles. The van der Waals surface area contributed by atoms with Crippen molar-refractivity contribution in [2.75, 3.05) is 32.0 Å². The SMILES string of the molecule is CB(C)CCCNC(=O)C1=CBC(C2=CBC(CCNC(=O)[C@@H](CC(=O)[C@@H](C)[C@H](O)[C@@H](C)NC(=O)[C@@H](NC(=O)c3nc([C@@H](CC[C@H](N)C(N)=O)CC(N)=O)nc(N)c3C)[C@@H](OC3OC(CO)C(O)C(O)C3OC3OC(CO)C(O)C(OC(N)=O)C3O)c3c[nH]cn3)[C@@H](C)O)=N2)=N1. The maximum absolute atomic E-state index is 15.2. The zero-order chi connectivity index (χ0) is 71.0. The maximum Gasteiger partial charge on any atom is 0.404 e. The molecule has 19 atom stereocenters. The molecule has 2 fully saturated rings. The summed E-state index contributed by atoms with van der Waals surface area (Å²) in [5, 5.41) is 98.8. The van der Waals surface area contributed by atoms with Crippen molar-refractivity contribution < 1.29 is 103 Å². The molecule has 23 N–H and O–H groups in total. The molecule has 7 amide bonds. The molecule has 0 bridgehead atoms. The van der Waals surface area contributed by atoms with Gasteiger partial charge in [-0.1, -0.05) is 38.8 Å². The second-order valence-electron chi connectivity index (χ2n) is 24.6. The molecule has 36 nitrogen and oxygen atoms in total. The number of rotatable bonds is 36. The number of hydrogen-bond acceptors (Lipinski definition) is 28. The highest BCUT2D eigenvalue weighted by atomic mass is 16.8. The number of carbonyl (C=O) groups excluding carboxylic acids is 8. The third-order valence-corrected chi connectivity index (χ3v) is 16.9. The first-order valence-electron chi connectivity index (χ1n) is 31.4. The molecule has 6 rings (SSSR count). The number of Topliss-reactive ketones (excluding diaryl/α,β-unsaturated/α-hetero) is 1. The summed E-state index contributed by atoms with van der Waals surface area (Å²) in [6.45, 7) is 8.57. The van der Waals surface area contributed by atoms with Crippen LogP contribution in [0.2, 0.25) is 20.0 Å². The smallest absolute Gasteiger partial charge is 0.404 e. The number of nitrogens with zero attached hydrogens (tertiary/aromatic N) is 5. The minimum absolute atomic E-state index is 0.0646. The number of hydrogen-bond donors (Lipinski definition) is 18. The second-order valence-corrected chi connectivity index (χ2v) is 24.6. The van der Waals surface area contributed by atoms with E-state index in [9.17, 15) is 74.4 Å². The number of aliphatic hydroxyl groups excluding tert-OH is 8. The zero-order valence-corrected chi connectivity index (χ0v) is 54.1. The third kappa shape index (κ3) is 20.5. The Labute approximate surface area is 553 Å². The number of ether oxygens (including phenoxy) is 5. The van der Waals surface area contributed by atoms with Crippen LogP contribution in [0, 0.1) is 18.8 Å². The Kier molecular flexibility index (Phi) is 28.6. The van der Waals surface area contributed by atoms with Crippen LogP contribution in [0.3, 0.4) is 0 Å². The van der Waals surface area contributed by atoms with Gasteiger partial charge in [-0.15, -0.1) is 0 Å². The van der Waals surface area contributed by atoms with Gasteiger partial charge in [0.15, 0.2) is 18.7 Å². The number of H-pyrrole nitrogens is 1. The third-order valence-electron chi connectivity index (χ3n) is 16.9. The lowest BCUT2D eigenvalue weighted by Gasteiger charge is -2.47. The molecule has 96 heavy (non-hydrogen) atoms. The van der Waals surface area contributed by atoms with Crippen LogP contribution in [0.15, 0.2) is 45.9 Å². The van der Waals surface area contributed by atoms with Gasteiger partial charge in [0.25, 0.3) is 11.8 Å². The van der Waals surface area contributed by atoms with Crippen LogP contribution in [0.5, 0.6) is 0 Å². The normalized spacial score (nSPS) is 25.2. The van der Waals surface area contributed by atoms with Gasteiger partial charge in [0.1, 0.15) is 90.4 Å². The predicted octanol–water partition coefficient (Wildman–Crippen LogP) is -7.17. The van der Waals surface area contributed by atoms with E-state index in [2.05, 4.69) is 64.8 Å². The second kappa shape index (κ2) is 35.5. The van der Waals surface area contributed by atoms with Crippen molar-refractivity contribution in [2.24, 2.45) is 44.8 Å². The lowest BCUT2D eigenvalue weighted by molar-refractivity contribution is -0.372. The van der Waals surface area contributed by atoms with Gasteiger partial charge < -0.3 is 119 Å². The molecule has 4 aliphatic heterocycles. The van der Waals surface area contributed by atoms with E-state index in [0.717, 1.165) is 19.1 Å². The number of allylic oxidation sites excluding steroid dienone is 1. The molecule has 0 aliphatic carbocycles. The first-order chi connectivity index (χ1) is 45.3. The molecule has 2 aromatic rings. The van der Waals surface area contributed by atoms with Crippen molar-refractivity contribution in [1.82, 2.24) is 41.2 Å². The highest BCUT2D eigenvalue weighted by Gasteiger charge is 2.54. The first-order valence-corrected chi connectivity index (χ1v) is 31.4. The van der Waals surface area contributed by atoms with Crippen LogP contribution in [0.1, 0.15) is 98.9 Å². The average Bonchev–Trinajstić information content (AvgIpc) is 0.869. The summed E-state index contributed by atoms with van der Waals surface area (Å²) in [7, 11) is 0.866. The molecule has 6 heterocycles. The van der Waals surface area contributed by atoms with Gasteiger partial charge in [0.2, 0.25) is 38.2 Å². The lowest BCUT2D eigenvalue weighted by Crippen LogP contribution is -2.65. The van der Waals surface area contributed by atoms with Gasteiger partial charge in [-0.05, 0) is 52.1 Å². The summed E-state index contributed by atoms with van der Waals surface area (Å²) in [5.74, 6) is -6.52. The summed E-state index contributed by atoms with van der Waals surface area (Å²) in [6.07, 6.45) is -23.4. The number of amides is 7. The molecule has 0 spiro atoms. The van der Waals surface area contributed by atoms with E-state index in [1.165, 1.54) is 33.9 Å². The van der Waals surface area contributed by atoms with E-state index in [4.69, 9.17) is 52.4 Å². The van der Waals surface area contributed by atoms with Crippen molar-refractivity contribution in [1.29, 1.82) is 0 Å². The summed E-state index contributed by atoms with van der Waals surface area (Å²) in [5.41, 5.74) is 29.8. The molecule has 10 unspecified atom stereocenters. The van der Waals surface area contributed by atoms with Crippen molar-refractivity contribution in [3.8, 4) is 0 Å². The molecular weight excluding hydrogens is 1260 g/mol. The van der Waals surface area contributed by atoms with Gasteiger partial charge in [-0.2, -0.15) is 0 Å². The van der Waals surface area contributed by atoms with Crippen LogP contribution in [0.25, 0.3) is 0 Å². The molecule has 526 valence electrons.